The Labute approximate surface area is 172 Å². The van der Waals surface area contributed by atoms with E-state index in [4.69, 9.17) is 4.74 Å². The summed E-state index contributed by atoms with van der Waals surface area (Å²) >= 11 is 0. The predicted octanol–water partition coefficient (Wildman–Crippen LogP) is 2.60. The average molecular weight is 395 g/mol. The van der Waals surface area contributed by atoms with Crippen molar-refractivity contribution in [1.82, 2.24) is 29.1 Å². The Morgan fingerprint density at radius 1 is 1.03 bits per heavy atom. The fraction of sp³-hybridized carbons (Fsp3) is 0.455. The van der Waals surface area contributed by atoms with E-state index in [1.54, 1.807) is 0 Å². The number of nitrogens with zero attached hydrogens (tertiary/aromatic N) is 6. The van der Waals surface area contributed by atoms with Crippen molar-refractivity contribution in [2.75, 3.05) is 45.9 Å². The summed E-state index contributed by atoms with van der Waals surface area (Å²) in [6.07, 6.45) is 5.81. The molecular weight excluding hydrogens is 364 g/mol. The summed E-state index contributed by atoms with van der Waals surface area (Å²) in [5, 5.41) is 4.44. The van der Waals surface area contributed by atoms with Gasteiger partial charge in [0.1, 0.15) is 18.2 Å². The van der Waals surface area contributed by atoms with E-state index in [0.717, 1.165) is 74.4 Å². The highest BCUT2D eigenvalue weighted by Crippen LogP contribution is 2.25. The smallest absolute Gasteiger partial charge is 0.144 e. The number of hydrogen-bond acceptors (Lipinski definition) is 5. The molecule has 0 aliphatic carbocycles. The molecule has 0 radical (unpaired) electrons. The first-order chi connectivity index (χ1) is 14.1. The summed E-state index contributed by atoms with van der Waals surface area (Å²) in [5.41, 5.74) is 3.08. The molecule has 0 N–H and O–H groups in total. The number of hydrogen-bond donors (Lipinski definition) is 0. The minimum atomic E-state index is 0.717. The molecule has 0 saturated carbocycles. The van der Waals surface area contributed by atoms with E-state index in [9.17, 15) is 0 Å². The Kier molecular flexibility index (Phi) is 5.97. The van der Waals surface area contributed by atoms with Crippen LogP contribution in [0.5, 0.6) is 5.75 Å². The van der Waals surface area contributed by atoms with Crippen molar-refractivity contribution in [1.29, 1.82) is 0 Å². The van der Waals surface area contributed by atoms with Crippen molar-refractivity contribution >= 4 is 0 Å². The molecule has 1 fully saturated rings. The average Bonchev–Trinajstić information content (AvgIpc) is 3.35. The van der Waals surface area contributed by atoms with Crippen LogP contribution in [0, 0.1) is 6.92 Å². The first-order valence-electron chi connectivity index (χ1n) is 10.4. The second-order valence-electron chi connectivity index (χ2n) is 7.54. The first kappa shape index (κ1) is 19.7. The Balaban J connectivity index is 1.36. The normalized spacial score (nSPS) is 15.7. The Morgan fingerprint density at radius 3 is 2.41 bits per heavy atom. The monoisotopic (exact) mass is 394 g/mol. The van der Waals surface area contributed by atoms with Gasteiger partial charge in [-0.15, -0.1) is 0 Å². The second kappa shape index (κ2) is 8.80. The number of benzene rings is 1. The van der Waals surface area contributed by atoms with Gasteiger partial charge in [-0.2, -0.15) is 5.10 Å². The Hall–Kier alpha value is -2.64. The van der Waals surface area contributed by atoms with E-state index >= 15 is 0 Å². The fourth-order valence-electron chi connectivity index (χ4n) is 3.86. The molecule has 7 nitrogen and oxygen atoms in total. The summed E-state index contributed by atoms with van der Waals surface area (Å²) in [6, 6.07) is 8.19. The quantitative estimate of drug-likeness (QED) is 0.617. The standard InChI is InChI=1S/C22H30N6O/c1-4-26-11-13-27(14-12-26)15-16-29-20-7-5-19(6-8-20)22-23-9-10-28(22)21-17-25(3)24-18(21)2/h5-10,17H,4,11-16H2,1-3H3. The van der Waals surface area contributed by atoms with Crippen LogP contribution in [0.25, 0.3) is 17.1 Å². The lowest BCUT2D eigenvalue weighted by Gasteiger charge is -2.33. The van der Waals surface area contributed by atoms with E-state index < -0.39 is 0 Å². The molecule has 7 heteroatoms. The van der Waals surface area contributed by atoms with Gasteiger partial charge in [0.25, 0.3) is 0 Å². The highest BCUT2D eigenvalue weighted by atomic mass is 16.5. The van der Waals surface area contributed by atoms with Gasteiger partial charge in [-0.05, 0) is 37.7 Å². The number of likely N-dealkylation sites (N-methyl/N-ethyl adjacent to an activating group) is 1. The lowest BCUT2D eigenvalue weighted by atomic mass is 10.2. The van der Waals surface area contributed by atoms with E-state index in [0.29, 0.717) is 0 Å². The van der Waals surface area contributed by atoms with Gasteiger partial charge in [0.05, 0.1) is 11.4 Å². The maximum Gasteiger partial charge on any atom is 0.144 e. The molecule has 154 valence electrons. The van der Waals surface area contributed by atoms with Crippen molar-refractivity contribution in [3.8, 4) is 22.8 Å². The molecule has 3 aromatic rings. The third kappa shape index (κ3) is 4.52. The number of aromatic nitrogens is 4. The number of imidazole rings is 1. The molecule has 1 aromatic carbocycles. The lowest BCUT2D eigenvalue weighted by Crippen LogP contribution is -2.47. The van der Waals surface area contributed by atoms with Crippen LogP contribution in [0.1, 0.15) is 12.6 Å². The van der Waals surface area contributed by atoms with Crippen LogP contribution in [-0.4, -0.2) is 75.0 Å². The summed E-state index contributed by atoms with van der Waals surface area (Å²) in [6.45, 7) is 11.7. The molecule has 4 rings (SSSR count). The molecule has 0 amide bonds. The van der Waals surface area contributed by atoms with E-state index in [1.165, 1.54) is 0 Å². The van der Waals surface area contributed by atoms with E-state index in [1.807, 2.05) is 49.4 Å². The molecule has 2 aromatic heterocycles. The maximum absolute atomic E-state index is 5.98. The topological polar surface area (TPSA) is 51.4 Å². The summed E-state index contributed by atoms with van der Waals surface area (Å²) in [4.78, 5) is 9.53. The van der Waals surface area contributed by atoms with Gasteiger partial charge < -0.3 is 9.64 Å². The molecule has 0 atom stereocenters. The van der Waals surface area contributed by atoms with Crippen LogP contribution in [-0.2, 0) is 7.05 Å². The molecule has 0 unspecified atom stereocenters. The van der Waals surface area contributed by atoms with Crippen LogP contribution in [0.15, 0.2) is 42.9 Å². The highest BCUT2D eigenvalue weighted by Gasteiger charge is 2.15. The fourth-order valence-corrected chi connectivity index (χ4v) is 3.86. The molecule has 1 aliphatic rings. The zero-order valence-electron chi connectivity index (χ0n) is 17.6. The summed E-state index contributed by atoms with van der Waals surface area (Å²) in [7, 11) is 1.93. The van der Waals surface area contributed by atoms with Gasteiger partial charge in [-0.1, -0.05) is 6.92 Å². The third-order valence-corrected chi connectivity index (χ3v) is 5.59. The third-order valence-electron chi connectivity index (χ3n) is 5.59. The van der Waals surface area contributed by atoms with Gasteiger partial charge in [0.15, 0.2) is 0 Å². The highest BCUT2D eigenvalue weighted by molar-refractivity contribution is 5.60. The number of rotatable bonds is 7. The van der Waals surface area contributed by atoms with Gasteiger partial charge >= 0.3 is 0 Å². The summed E-state index contributed by atoms with van der Waals surface area (Å²) < 4.78 is 9.88. The lowest BCUT2D eigenvalue weighted by molar-refractivity contribution is 0.121. The zero-order valence-corrected chi connectivity index (χ0v) is 17.6. The van der Waals surface area contributed by atoms with Crippen LogP contribution < -0.4 is 4.74 Å². The number of ether oxygens (including phenoxy) is 1. The molecule has 0 bridgehead atoms. The molecule has 0 spiro atoms. The summed E-state index contributed by atoms with van der Waals surface area (Å²) in [5.74, 6) is 1.80. The van der Waals surface area contributed by atoms with Gasteiger partial charge in [0.2, 0.25) is 0 Å². The molecule has 3 heterocycles. The predicted molar refractivity (Wildman–Crippen MR) is 115 cm³/mol. The van der Waals surface area contributed by atoms with Gasteiger partial charge in [0, 0.05) is 63.9 Å². The molecule has 1 saturated heterocycles. The number of aryl methyl sites for hydroxylation is 2. The van der Waals surface area contributed by atoms with Crippen LogP contribution in [0.3, 0.4) is 0 Å². The largest absolute Gasteiger partial charge is 0.492 e. The van der Waals surface area contributed by atoms with Crippen molar-refractivity contribution in [3.05, 3.63) is 48.5 Å². The molecular formula is C22H30N6O. The Morgan fingerprint density at radius 2 is 1.76 bits per heavy atom. The molecule has 1 aliphatic heterocycles. The van der Waals surface area contributed by atoms with Crippen molar-refractivity contribution in [2.24, 2.45) is 7.05 Å². The van der Waals surface area contributed by atoms with Crippen molar-refractivity contribution in [2.45, 2.75) is 13.8 Å². The van der Waals surface area contributed by atoms with E-state index in [-0.39, 0.29) is 0 Å². The first-order valence-corrected chi connectivity index (χ1v) is 10.4. The Bertz CT molecular complexity index is 921. The minimum Gasteiger partial charge on any atom is -0.492 e. The van der Waals surface area contributed by atoms with Crippen LogP contribution in [0.4, 0.5) is 0 Å². The van der Waals surface area contributed by atoms with Crippen LogP contribution in [0.2, 0.25) is 0 Å². The van der Waals surface area contributed by atoms with Crippen molar-refractivity contribution < 1.29 is 4.74 Å². The number of piperazine rings is 1. The minimum absolute atomic E-state index is 0.717. The van der Waals surface area contributed by atoms with E-state index in [2.05, 4.69) is 43.5 Å². The maximum atomic E-state index is 5.98. The second-order valence-corrected chi connectivity index (χ2v) is 7.54. The van der Waals surface area contributed by atoms with Gasteiger partial charge in [-0.3, -0.25) is 14.1 Å². The SMILES string of the molecule is CCN1CCN(CCOc2ccc(-c3nccn3-c3cn(C)nc3C)cc2)CC1. The van der Waals surface area contributed by atoms with Gasteiger partial charge in [-0.25, -0.2) is 4.98 Å². The van der Waals surface area contributed by atoms with Crippen molar-refractivity contribution in [3.63, 3.8) is 0 Å². The molecule has 29 heavy (non-hydrogen) atoms. The van der Waals surface area contributed by atoms with Crippen LogP contribution >= 0.6 is 0 Å². The zero-order chi connectivity index (χ0) is 20.2.